The summed E-state index contributed by atoms with van der Waals surface area (Å²) in [6.07, 6.45) is 4.34. The number of hydrogen-bond acceptors (Lipinski definition) is 8. The van der Waals surface area contributed by atoms with E-state index in [-0.39, 0.29) is 16.8 Å². The van der Waals surface area contributed by atoms with Crippen LogP contribution < -0.4 is 16.2 Å². The molecule has 0 aliphatic carbocycles. The molecule has 1 unspecified atom stereocenters. The van der Waals surface area contributed by atoms with Gasteiger partial charge in [-0.15, -0.1) is 0 Å². The lowest BCUT2D eigenvalue weighted by atomic mass is 10.2. The van der Waals surface area contributed by atoms with Gasteiger partial charge in [-0.3, -0.25) is 9.36 Å². The first-order valence-electron chi connectivity index (χ1n) is 10.3. The van der Waals surface area contributed by atoms with Crippen LogP contribution in [-0.2, 0) is 6.54 Å². The molecule has 30 heavy (non-hydrogen) atoms. The van der Waals surface area contributed by atoms with Gasteiger partial charge in [-0.1, -0.05) is 50.1 Å². The van der Waals surface area contributed by atoms with Gasteiger partial charge in [0, 0.05) is 20.6 Å². The number of anilines is 2. The first-order chi connectivity index (χ1) is 14.4. The second kappa shape index (κ2) is 9.88. The van der Waals surface area contributed by atoms with Crippen LogP contribution in [0, 0.1) is 0 Å². The molecule has 0 aliphatic heterocycles. The highest BCUT2D eigenvalue weighted by atomic mass is 32.2. The van der Waals surface area contributed by atoms with Gasteiger partial charge in [-0.05, 0) is 25.5 Å². The molecule has 1 atom stereocenters. The Balaban J connectivity index is 1.96. The molecule has 2 aromatic heterocycles. The number of thioether (sulfide) groups is 1. The second-order valence-electron chi connectivity index (χ2n) is 7.44. The molecule has 3 rings (SSSR count). The van der Waals surface area contributed by atoms with E-state index in [1.807, 2.05) is 45.3 Å². The Kier molecular flexibility index (Phi) is 7.25. The van der Waals surface area contributed by atoms with E-state index in [9.17, 15) is 4.79 Å². The van der Waals surface area contributed by atoms with Crippen molar-refractivity contribution < 1.29 is 0 Å². The molecule has 0 spiro atoms. The van der Waals surface area contributed by atoms with Gasteiger partial charge >= 0.3 is 0 Å². The largest absolute Gasteiger partial charge is 0.368 e. The Morgan fingerprint density at radius 1 is 1.10 bits per heavy atom. The summed E-state index contributed by atoms with van der Waals surface area (Å²) < 4.78 is 1.79. The molecule has 2 N–H and O–H groups in total. The molecule has 0 aliphatic rings. The van der Waals surface area contributed by atoms with Crippen molar-refractivity contribution in [2.75, 3.05) is 24.7 Å². The highest BCUT2D eigenvalue weighted by Crippen LogP contribution is 2.33. The highest BCUT2D eigenvalue weighted by Gasteiger charge is 2.19. The number of nitrogen functional groups attached to an aromatic ring is 1. The van der Waals surface area contributed by atoms with Crippen molar-refractivity contribution in [3.63, 3.8) is 0 Å². The molecular weight excluding hydrogens is 398 g/mol. The van der Waals surface area contributed by atoms with Crippen molar-refractivity contribution >= 4 is 34.6 Å². The summed E-state index contributed by atoms with van der Waals surface area (Å²) in [4.78, 5) is 32.7. The number of hydrogen-bond donors (Lipinski definition) is 1. The van der Waals surface area contributed by atoms with Gasteiger partial charge < -0.3 is 10.6 Å². The fourth-order valence-electron chi connectivity index (χ4n) is 3.12. The van der Waals surface area contributed by atoms with E-state index in [1.165, 1.54) is 11.8 Å². The molecule has 2 heterocycles. The van der Waals surface area contributed by atoms with E-state index in [0.717, 1.165) is 25.7 Å². The number of rotatable bonds is 9. The van der Waals surface area contributed by atoms with Crippen LogP contribution in [0.3, 0.4) is 0 Å². The van der Waals surface area contributed by atoms with Crippen molar-refractivity contribution in [3.05, 3.63) is 40.4 Å². The Labute approximate surface area is 181 Å². The summed E-state index contributed by atoms with van der Waals surface area (Å²) in [5.41, 5.74) is 6.58. The highest BCUT2D eigenvalue weighted by molar-refractivity contribution is 7.99. The number of unbranched alkanes of at least 4 members (excludes halogenated alkanes) is 3. The smallest absolute Gasteiger partial charge is 0.262 e. The minimum atomic E-state index is -0.149. The number of benzene rings is 1. The normalized spacial score (nSPS) is 12.3. The lowest BCUT2D eigenvalue weighted by Crippen LogP contribution is -2.24. The van der Waals surface area contributed by atoms with Gasteiger partial charge in [0.05, 0.1) is 16.2 Å². The van der Waals surface area contributed by atoms with Crippen LogP contribution in [0.2, 0.25) is 0 Å². The molecule has 0 saturated carbocycles. The van der Waals surface area contributed by atoms with Crippen LogP contribution in [0.25, 0.3) is 10.9 Å². The summed E-state index contributed by atoms with van der Waals surface area (Å²) in [5, 5.41) is 1.17. The first-order valence-corrected chi connectivity index (χ1v) is 11.1. The minimum Gasteiger partial charge on any atom is -0.368 e. The number of aromatic nitrogens is 5. The number of nitrogens with two attached hydrogens (primary N) is 1. The number of fused-ring (bicyclic) bond motifs is 1. The monoisotopic (exact) mass is 427 g/mol. The van der Waals surface area contributed by atoms with Crippen LogP contribution >= 0.6 is 11.8 Å². The molecular formula is C21H29N7OS. The zero-order chi connectivity index (χ0) is 21.7. The maximum Gasteiger partial charge on any atom is 0.262 e. The SMILES string of the molecule is CCCCCCn1c(SC(C)c2nc(N)nc(N(C)C)n2)nc2ccccc2c1=O. The topological polar surface area (TPSA) is 103 Å². The molecule has 160 valence electrons. The van der Waals surface area contributed by atoms with Crippen molar-refractivity contribution in [1.82, 2.24) is 24.5 Å². The Hall–Kier alpha value is -2.68. The van der Waals surface area contributed by atoms with Crippen LogP contribution in [0.5, 0.6) is 0 Å². The predicted molar refractivity (Wildman–Crippen MR) is 123 cm³/mol. The average molecular weight is 428 g/mol. The van der Waals surface area contributed by atoms with Crippen molar-refractivity contribution in [2.45, 2.75) is 56.5 Å². The second-order valence-corrected chi connectivity index (χ2v) is 8.74. The van der Waals surface area contributed by atoms with E-state index < -0.39 is 0 Å². The summed E-state index contributed by atoms with van der Waals surface area (Å²) >= 11 is 1.47. The summed E-state index contributed by atoms with van der Waals surface area (Å²) in [5.74, 6) is 1.25. The van der Waals surface area contributed by atoms with E-state index in [4.69, 9.17) is 10.7 Å². The molecule has 0 radical (unpaired) electrons. The van der Waals surface area contributed by atoms with Crippen LogP contribution in [0.15, 0.2) is 34.2 Å². The van der Waals surface area contributed by atoms with Gasteiger partial charge in [0.1, 0.15) is 5.82 Å². The van der Waals surface area contributed by atoms with Crippen LogP contribution in [0.4, 0.5) is 11.9 Å². The van der Waals surface area contributed by atoms with Gasteiger partial charge in [-0.25, -0.2) is 4.98 Å². The zero-order valence-corrected chi connectivity index (χ0v) is 18.8. The lowest BCUT2D eigenvalue weighted by Gasteiger charge is -2.17. The third-order valence-electron chi connectivity index (χ3n) is 4.77. The molecule has 8 nitrogen and oxygen atoms in total. The number of para-hydroxylation sites is 1. The van der Waals surface area contributed by atoms with E-state index in [1.54, 1.807) is 9.47 Å². The summed E-state index contributed by atoms with van der Waals surface area (Å²) in [6.45, 7) is 4.81. The quantitative estimate of drug-likeness (QED) is 0.313. The molecule has 1 aromatic carbocycles. The van der Waals surface area contributed by atoms with Crippen molar-refractivity contribution in [3.8, 4) is 0 Å². The van der Waals surface area contributed by atoms with E-state index in [0.29, 0.717) is 34.4 Å². The van der Waals surface area contributed by atoms with Gasteiger partial charge in [0.15, 0.2) is 5.16 Å². The van der Waals surface area contributed by atoms with Crippen LogP contribution in [0.1, 0.15) is 50.6 Å². The van der Waals surface area contributed by atoms with Crippen molar-refractivity contribution in [1.29, 1.82) is 0 Å². The fourth-order valence-corrected chi connectivity index (χ4v) is 4.10. The Morgan fingerprint density at radius 3 is 2.60 bits per heavy atom. The van der Waals surface area contributed by atoms with E-state index in [2.05, 4.69) is 21.9 Å². The van der Waals surface area contributed by atoms with Gasteiger partial charge in [0.25, 0.3) is 5.56 Å². The molecule has 0 saturated heterocycles. The molecule has 3 aromatic rings. The van der Waals surface area contributed by atoms with Gasteiger partial charge in [-0.2, -0.15) is 15.0 Å². The summed E-state index contributed by atoms with van der Waals surface area (Å²) in [6, 6.07) is 7.48. The number of nitrogens with zero attached hydrogens (tertiary/aromatic N) is 6. The maximum atomic E-state index is 13.2. The van der Waals surface area contributed by atoms with Crippen LogP contribution in [-0.4, -0.2) is 38.6 Å². The van der Waals surface area contributed by atoms with E-state index >= 15 is 0 Å². The first kappa shape index (κ1) is 22.0. The zero-order valence-electron chi connectivity index (χ0n) is 18.0. The predicted octanol–water partition coefficient (Wildman–Crippen LogP) is 3.66. The summed E-state index contributed by atoms with van der Waals surface area (Å²) in [7, 11) is 3.71. The Morgan fingerprint density at radius 2 is 1.87 bits per heavy atom. The standard InChI is InChI=1S/C21H29N7OS/c1-5-6-7-10-13-28-18(29)15-11-8-9-12-16(15)23-21(28)30-14(2)17-24-19(22)26-20(25-17)27(3)4/h8-9,11-12,14H,5-7,10,13H2,1-4H3,(H2,22,24,25,26). The van der Waals surface area contributed by atoms with Crippen molar-refractivity contribution in [2.24, 2.45) is 0 Å². The minimum absolute atomic E-state index is 0.00376. The fraction of sp³-hybridized carbons (Fsp3) is 0.476. The maximum absolute atomic E-state index is 13.2. The molecule has 0 amide bonds. The molecule has 9 heteroatoms. The molecule has 0 fully saturated rings. The Bertz CT molecular complexity index is 1070. The third-order valence-corrected chi connectivity index (χ3v) is 5.85. The molecule has 0 bridgehead atoms. The van der Waals surface area contributed by atoms with Gasteiger partial charge in [0.2, 0.25) is 11.9 Å². The third kappa shape index (κ3) is 5.08. The average Bonchev–Trinajstić information content (AvgIpc) is 2.72. The lowest BCUT2D eigenvalue weighted by molar-refractivity contribution is 0.531.